The quantitative estimate of drug-likeness (QED) is 0.824. The van der Waals surface area contributed by atoms with Gasteiger partial charge in [-0.1, -0.05) is 0 Å². The SMILES string of the molecule is CC(C)Oc1cc2c(O[C@H](C)[C@@H]3CCC(=O)N3)nccc2cc1C(N)=O. The van der Waals surface area contributed by atoms with E-state index in [-0.39, 0.29) is 24.2 Å². The molecule has 3 N–H and O–H groups in total. The third-order valence-corrected chi connectivity index (χ3v) is 4.35. The minimum atomic E-state index is -0.552. The van der Waals surface area contributed by atoms with E-state index in [1.165, 1.54) is 0 Å². The molecule has 7 nitrogen and oxygen atoms in total. The molecule has 2 amide bonds. The standard InChI is InChI=1S/C19H23N3O4/c1-10(2)25-16-9-13-12(8-14(16)18(20)24)6-7-21-19(13)26-11(3)15-4-5-17(23)22-15/h6-11,15H,4-5H2,1-3H3,(H2,20,24)(H,22,23)/t11-,15+/m1/s1. The minimum Gasteiger partial charge on any atom is -0.490 e. The van der Waals surface area contributed by atoms with Crippen LogP contribution in [0.25, 0.3) is 10.8 Å². The van der Waals surface area contributed by atoms with Crippen LogP contribution in [0.4, 0.5) is 0 Å². The molecule has 2 atom stereocenters. The first-order valence-electron chi connectivity index (χ1n) is 8.70. The van der Waals surface area contributed by atoms with Crippen molar-refractivity contribution in [1.29, 1.82) is 0 Å². The van der Waals surface area contributed by atoms with E-state index in [0.29, 0.717) is 23.6 Å². The summed E-state index contributed by atoms with van der Waals surface area (Å²) in [7, 11) is 0. The second-order valence-corrected chi connectivity index (χ2v) is 6.75. The number of hydrogen-bond donors (Lipinski definition) is 2. The van der Waals surface area contributed by atoms with Crippen LogP contribution in [0.5, 0.6) is 11.6 Å². The summed E-state index contributed by atoms with van der Waals surface area (Å²) in [6, 6.07) is 5.16. The van der Waals surface area contributed by atoms with Crippen molar-refractivity contribution < 1.29 is 19.1 Å². The van der Waals surface area contributed by atoms with Crippen molar-refractivity contribution in [3.05, 3.63) is 30.0 Å². The molecule has 138 valence electrons. The molecule has 0 radical (unpaired) electrons. The number of nitrogens with two attached hydrogens (primary N) is 1. The largest absolute Gasteiger partial charge is 0.490 e. The highest BCUT2D eigenvalue weighted by molar-refractivity contribution is 6.01. The van der Waals surface area contributed by atoms with Crippen LogP contribution in [-0.4, -0.2) is 35.0 Å². The molecule has 1 aromatic heterocycles. The monoisotopic (exact) mass is 357 g/mol. The fourth-order valence-electron chi connectivity index (χ4n) is 3.06. The number of fused-ring (bicyclic) bond motifs is 1. The Bertz CT molecular complexity index is 850. The molecule has 0 aliphatic carbocycles. The van der Waals surface area contributed by atoms with E-state index < -0.39 is 5.91 Å². The predicted molar refractivity (Wildman–Crippen MR) is 97.3 cm³/mol. The van der Waals surface area contributed by atoms with Gasteiger partial charge in [-0.2, -0.15) is 0 Å². The Morgan fingerprint density at radius 2 is 2.08 bits per heavy atom. The molecule has 1 saturated heterocycles. The van der Waals surface area contributed by atoms with Gasteiger partial charge in [0, 0.05) is 18.0 Å². The normalized spacial score (nSPS) is 18.0. The van der Waals surface area contributed by atoms with Gasteiger partial charge in [0.1, 0.15) is 11.9 Å². The van der Waals surface area contributed by atoms with Gasteiger partial charge in [-0.3, -0.25) is 9.59 Å². The average molecular weight is 357 g/mol. The Morgan fingerprint density at radius 3 is 2.69 bits per heavy atom. The van der Waals surface area contributed by atoms with Crippen LogP contribution in [0.3, 0.4) is 0 Å². The summed E-state index contributed by atoms with van der Waals surface area (Å²) in [6.07, 6.45) is 2.52. The lowest BCUT2D eigenvalue weighted by Crippen LogP contribution is -2.38. The number of ether oxygens (including phenoxy) is 2. The highest BCUT2D eigenvalue weighted by Gasteiger charge is 2.28. The molecule has 1 fully saturated rings. The molecule has 0 unspecified atom stereocenters. The van der Waals surface area contributed by atoms with Crippen LogP contribution in [-0.2, 0) is 4.79 Å². The molecule has 0 saturated carbocycles. The third-order valence-electron chi connectivity index (χ3n) is 4.35. The Morgan fingerprint density at radius 1 is 1.31 bits per heavy atom. The van der Waals surface area contributed by atoms with E-state index in [2.05, 4.69) is 10.3 Å². The Hall–Kier alpha value is -2.83. The fourth-order valence-corrected chi connectivity index (χ4v) is 3.06. The summed E-state index contributed by atoms with van der Waals surface area (Å²) in [6.45, 7) is 5.65. The molecule has 7 heteroatoms. The van der Waals surface area contributed by atoms with Gasteiger partial charge in [0.15, 0.2) is 0 Å². The Kier molecular flexibility index (Phi) is 4.97. The maximum Gasteiger partial charge on any atom is 0.252 e. The minimum absolute atomic E-state index is 0.0371. The van der Waals surface area contributed by atoms with Crippen molar-refractivity contribution in [2.75, 3.05) is 0 Å². The summed E-state index contributed by atoms with van der Waals surface area (Å²) in [5, 5.41) is 4.41. The molecule has 0 spiro atoms. The summed E-state index contributed by atoms with van der Waals surface area (Å²) in [5.74, 6) is 0.319. The second kappa shape index (κ2) is 7.19. The van der Waals surface area contributed by atoms with Crippen molar-refractivity contribution in [1.82, 2.24) is 10.3 Å². The number of carbonyl (C=O) groups excluding carboxylic acids is 2. The van der Waals surface area contributed by atoms with Gasteiger partial charge in [-0.15, -0.1) is 0 Å². The molecule has 2 heterocycles. The topological polar surface area (TPSA) is 104 Å². The van der Waals surface area contributed by atoms with Gasteiger partial charge in [0.05, 0.1) is 17.7 Å². The van der Waals surface area contributed by atoms with Crippen molar-refractivity contribution in [3.63, 3.8) is 0 Å². The molecule has 1 aliphatic heterocycles. The molecule has 1 aliphatic rings. The Labute approximate surface area is 151 Å². The number of hydrogen-bond acceptors (Lipinski definition) is 5. The number of amides is 2. The third kappa shape index (κ3) is 3.71. The van der Waals surface area contributed by atoms with Crippen molar-refractivity contribution in [3.8, 4) is 11.6 Å². The van der Waals surface area contributed by atoms with Crippen LogP contribution in [0.2, 0.25) is 0 Å². The van der Waals surface area contributed by atoms with E-state index in [4.69, 9.17) is 15.2 Å². The highest BCUT2D eigenvalue weighted by Crippen LogP contribution is 2.32. The van der Waals surface area contributed by atoms with Crippen molar-refractivity contribution in [2.24, 2.45) is 5.73 Å². The zero-order valence-corrected chi connectivity index (χ0v) is 15.1. The second-order valence-electron chi connectivity index (χ2n) is 6.75. The lowest BCUT2D eigenvalue weighted by Gasteiger charge is -2.21. The van der Waals surface area contributed by atoms with Crippen LogP contribution in [0.1, 0.15) is 44.0 Å². The predicted octanol–water partition coefficient (Wildman–Crippen LogP) is 2.17. The van der Waals surface area contributed by atoms with Gasteiger partial charge in [-0.25, -0.2) is 4.98 Å². The smallest absolute Gasteiger partial charge is 0.252 e. The highest BCUT2D eigenvalue weighted by atomic mass is 16.5. The van der Waals surface area contributed by atoms with Crippen molar-refractivity contribution >= 4 is 22.6 Å². The molecule has 0 bridgehead atoms. The summed E-state index contributed by atoms with van der Waals surface area (Å²) in [4.78, 5) is 27.5. The number of nitrogens with one attached hydrogen (secondary N) is 1. The molecule has 1 aromatic carbocycles. The zero-order chi connectivity index (χ0) is 18.8. The zero-order valence-electron chi connectivity index (χ0n) is 15.1. The lowest BCUT2D eigenvalue weighted by molar-refractivity contribution is -0.119. The number of nitrogens with zero attached hydrogens (tertiary/aromatic N) is 1. The first-order chi connectivity index (χ1) is 12.3. The number of carbonyl (C=O) groups is 2. The maximum absolute atomic E-state index is 11.8. The van der Waals surface area contributed by atoms with Gasteiger partial charge >= 0.3 is 0 Å². The van der Waals surface area contributed by atoms with E-state index in [9.17, 15) is 9.59 Å². The first-order valence-corrected chi connectivity index (χ1v) is 8.70. The average Bonchev–Trinajstić information content (AvgIpc) is 3.00. The number of primary amides is 1. The van der Waals surface area contributed by atoms with Crippen LogP contribution in [0.15, 0.2) is 24.4 Å². The van der Waals surface area contributed by atoms with Gasteiger partial charge < -0.3 is 20.5 Å². The van der Waals surface area contributed by atoms with Gasteiger partial charge in [0.2, 0.25) is 11.8 Å². The summed E-state index contributed by atoms with van der Waals surface area (Å²) >= 11 is 0. The van der Waals surface area contributed by atoms with Crippen LogP contribution in [0, 0.1) is 0 Å². The molecular formula is C19H23N3O4. The maximum atomic E-state index is 11.8. The van der Waals surface area contributed by atoms with E-state index in [1.54, 1.807) is 24.4 Å². The van der Waals surface area contributed by atoms with E-state index >= 15 is 0 Å². The van der Waals surface area contributed by atoms with Crippen LogP contribution < -0.4 is 20.5 Å². The number of benzene rings is 1. The molecule has 2 aromatic rings. The summed E-state index contributed by atoms with van der Waals surface area (Å²) < 4.78 is 11.8. The first kappa shape index (κ1) is 18.0. The van der Waals surface area contributed by atoms with Crippen LogP contribution >= 0.6 is 0 Å². The number of rotatable bonds is 6. The van der Waals surface area contributed by atoms with E-state index in [1.807, 2.05) is 20.8 Å². The lowest BCUT2D eigenvalue weighted by atomic mass is 10.1. The number of pyridine rings is 1. The molecular weight excluding hydrogens is 334 g/mol. The Balaban J connectivity index is 1.97. The molecule has 26 heavy (non-hydrogen) atoms. The number of aromatic nitrogens is 1. The van der Waals surface area contributed by atoms with Gasteiger partial charge in [-0.05, 0) is 50.8 Å². The van der Waals surface area contributed by atoms with Gasteiger partial charge in [0.25, 0.3) is 5.91 Å². The fraction of sp³-hybridized carbons (Fsp3) is 0.421. The summed E-state index contributed by atoms with van der Waals surface area (Å²) in [5.41, 5.74) is 5.81. The van der Waals surface area contributed by atoms with E-state index in [0.717, 1.165) is 17.2 Å². The van der Waals surface area contributed by atoms with Crippen molar-refractivity contribution in [2.45, 2.75) is 51.9 Å². The molecule has 3 rings (SSSR count).